The lowest BCUT2D eigenvalue weighted by molar-refractivity contribution is 0.0612. The average Bonchev–Trinajstić information content (AvgIpc) is 2.35. The summed E-state index contributed by atoms with van der Waals surface area (Å²) in [6.45, 7) is 4.84. The Bertz CT molecular complexity index is 669. The van der Waals surface area contributed by atoms with Gasteiger partial charge in [-0.05, 0) is 22.9 Å². The minimum absolute atomic E-state index is 0.303. The summed E-state index contributed by atoms with van der Waals surface area (Å²) in [6.07, 6.45) is 1.23. The molecule has 1 aliphatic rings. The molecule has 1 aliphatic heterocycles. The lowest BCUT2D eigenvalue weighted by atomic mass is 9.97. The Kier molecular flexibility index (Phi) is 3.69. The number of aromatic nitrogens is 2. The lowest BCUT2D eigenvalue weighted by Gasteiger charge is -2.40. The van der Waals surface area contributed by atoms with Crippen molar-refractivity contribution in [1.82, 2.24) is 9.97 Å². The number of rotatable bonds is 3. The van der Waals surface area contributed by atoms with Crippen molar-refractivity contribution in [3.8, 4) is 0 Å². The number of alkyl halides is 2. The average molecular weight is 312 g/mol. The second kappa shape index (κ2) is 5.37. The van der Waals surface area contributed by atoms with Crippen LogP contribution in [-0.4, -0.2) is 29.5 Å². The van der Waals surface area contributed by atoms with Crippen molar-refractivity contribution >= 4 is 28.2 Å². The maximum atomic E-state index is 12.6. The molecule has 0 bridgehead atoms. The zero-order chi connectivity index (χ0) is 15.1. The van der Waals surface area contributed by atoms with E-state index >= 15 is 0 Å². The molecule has 112 valence electrons. The minimum atomic E-state index is -2.27. The Hall–Kier alpha value is -1.49. The molecule has 3 nitrogen and oxygen atoms in total. The molecule has 0 aromatic carbocycles. The fraction of sp³-hybridized carbons (Fsp3) is 0.467. The van der Waals surface area contributed by atoms with E-state index in [1.807, 2.05) is 17.2 Å². The van der Waals surface area contributed by atoms with Crippen LogP contribution in [-0.2, 0) is 0 Å². The normalized spacial score (nSPS) is 16.0. The monoisotopic (exact) mass is 311 g/mol. The second-order valence-corrected chi connectivity index (χ2v) is 6.13. The van der Waals surface area contributed by atoms with Gasteiger partial charge in [0.2, 0.25) is 6.43 Å². The van der Waals surface area contributed by atoms with Crippen LogP contribution < -0.4 is 4.90 Å². The van der Waals surface area contributed by atoms with Crippen molar-refractivity contribution in [3.05, 3.63) is 29.2 Å². The molecule has 0 N–H and O–H groups in total. The highest BCUT2D eigenvalue weighted by Crippen LogP contribution is 2.35. The summed E-state index contributed by atoms with van der Waals surface area (Å²) in [5.74, 6) is 0.458. The van der Waals surface area contributed by atoms with Gasteiger partial charge in [0.15, 0.2) is 0 Å². The van der Waals surface area contributed by atoms with E-state index in [0.29, 0.717) is 24.2 Å². The highest BCUT2D eigenvalue weighted by Gasteiger charge is 2.35. The van der Waals surface area contributed by atoms with Gasteiger partial charge in [0, 0.05) is 30.9 Å². The summed E-state index contributed by atoms with van der Waals surface area (Å²) in [7, 11) is 0. The number of hydrogen-bond acceptors (Lipinski definition) is 3. The fourth-order valence-corrected chi connectivity index (χ4v) is 2.83. The highest BCUT2D eigenvalue weighted by atomic mass is 35.5. The van der Waals surface area contributed by atoms with E-state index in [0.717, 1.165) is 22.2 Å². The van der Waals surface area contributed by atoms with E-state index in [4.69, 9.17) is 11.6 Å². The third-order valence-corrected chi connectivity index (χ3v) is 4.14. The van der Waals surface area contributed by atoms with Gasteiger partial charge >= 0.3 is 0 Å². The molecule has 0 spiro atoms. The van der Waals surface area contributed by atoms with E-state index in [9.17, 15) is 8.78 Å². The SMILES string of the molecule is CC(C)c1cnc(N2CC(C(F)F)C2)c2cnc(Cl)cc12. The molecule has 0 unspecified atom stereocenters. The van der Waals surface area contributed by atoms with Gasteiger partial charge in [-0.2, -0.15) is 0 Å². The van der Waals surface area contributed by atoms with Crippen LogP contribution in [0.3, 0.4) is 0 Å². The van der Waals surface area contributed by atoms with Crippen LogP contribution in [0.5, 0.6) is 0 Å². The zero-order valence-corrected chi connectivity index (χ0v) is 12.6. The van der Waals surface area contributed by atoms with Crippen LogP contribution in [0.2, 0.25) is 5.15 Å². The first-order valence-electron chi connectivity index (χ1n) is 6.94. The smallest absolute Gasteiger partial charge is 0.244 e. The molecule has 1 fully saturated rings. The Morgan fingerprint density at radius 3 is 2.52 bits per heavy atom. The van der Waals surface area contributed by atoms with Crippen molar-refractivity contribution < 1.29 is 8.78 Å². The number of pyridine rings is 2. The molecule has 6 heteroatoms. The van der Waals surface area contributed by atoms with Gasteiger partial charge in [-0.25, -0.2) is 18.7 Å². The van der Waals surface area contributed by atoms with Crippen LogP contribution in [0.1, 0.15) is 25.3 Å². The van der Waals surface area contributed by atoms with E-state index in [1.54, 1.807) is 6.20 Å². The molecule has 0 aliphatic carbocycles. The van der Waals surface area contributed by atoms with Gasteiger partial charge in [0.1, 0.15) is 11.0 Å². The number of anilines is 1. The third-order valence-electron chi connectivity index (χ3n) is 3.94. The highest BCUT2D eigenvalue weighted by molar-refractivity contribution is 6.30. The van der Waals surface area contributed by atoms with Crippen molar-refractivity contribution in [2.24, 2.45) is 5.92 Å². The lowest BCUT2D eigenvalue weighted by Crippen LogP contribution is -2.50. The molecule has 21 heavy (non-hydrogen) atoms. The Morgan fingerprint density at radius 2 is 1.90 bits per heavy atom. The minimum Gasteiger partial charge on any atom is -0.355 e. The molecular weight excluding hydrogens is 296 g/mol. The van der Waals surface area contributed by atoms with Gasteiger partial charge in [-0.3, -0.25) is 0 Å². The summed E-state index contributed by atoms with van der Waals surface area (Å²) in [5, 5.41) is 2.30. The second-order valence-electron chi connectivity index (χ2n) is 5.74. The van der Waals surface area contributed by atoms with Crippen molar-refractivity contribution in [2.75, 3.05) is 18.0 Å². The number of fused-ring (bicyclic) bond motifs is 1. The number of hydrogen-bond donors (Lipinski definition) is 0. The molecule has 3 rings (SSSR count). The molecule has 3 heterocycles. The number of nitrogens with zero attached hydrogens (tertiary/aromatic N) is 3. The van der Waals surface area contributed by atoms with Crippen molar-refractivity contribution in [1.29, 1.82) is 0 Å². The molecule has 0 amide bonds. The van der Waals surface area contributed by atoms with E-state index < -0.39 is 12.3 Å². The zero-order valence-electron chi connectivity index (χ0n) is 11.9. The molecule has 0 atom stereocenters. The first-order valence-corrected chi connectivity index (χ1v) is 7.32. The Morgan fingerprint density at radius 1 is 1.19 bits per heavy atom. The standard InChI is InChI=1S/C15H16ClF2N3/c1-8(2)11-4-20-15(21-6-9(7-21)14(17)18)12-5-19-13(16)3-10(11)12/h3-5,8-9,14H,6-7H2,1-2H3. The van der Waals surface area contributed by atoms with Gasteiger partial charge in [-0.1, -0.05) is 25.4 Å². The molecular formula is C15H16ClF2N3. The van der Waals surface area contributed by atoms with Gasteiger partial charge < -0.3 is 4.90 Å². The van der Waals surface area contributed by atoms with Gasteiger partial charge in [0.25, 0.3) is 0 Å². The fourth-order valence-electron chi connectivity index (χ4n) is 2.67. The van der Waals surface area contributed by atoms with Crippen LogP contribution in [0.4, 0.5) is 14.6 Å². The third kappa shape index (κ3) is 2.55. The van der Waals surface area contributed by atoms with Crippen LogP contribution >= 0.6 is 11.6 Å². The molecule has 2 aromatic heterocycles. The maximum absolute atomic E-state index is 12.6. The van der Waals surface area contributed by atoms with Crippen LogP contribution in [0.25, 0.3) is 10.8 Å². The van der Waals surface area contributed by atoms with Gasteiger partial charge in [0.05, 0.1) is 5.92 Å². The molecule has 0 radical (unpaired) electrons. The molecule has 1 saturated heterocycles. The maximum Gasteiger partial charge on any atom is 0.244 e. The number of halogens is 3. The van der Waals surface area contributed by atoms with Crippen LogP contribution in [0, 0.1) is 5.92 Å². The van der Waals surface area contributed by atoms with E-state index in [1.165, 1.54) is 0 Å². The Balaban J connectivity index is 2.03. The van der Waals surface area contributed by atoms with Crippen LogP contribution in [0.15, 0.2) is 18.5 Å². The molecule has 2 aromatic rings. The van der Waals surface area contributed by atoms with E-state index in [2.05, 4.69) is 23.8 Å². The summed E-state index contributed by atoms with van der Waals surface area (Å²) >= 11 is 6.00. The summed E-state index contributed by atoms with van der Waals surface area (Å²) < 4.78 is 25.3. The first kappa shape index (κ1) is 14.4. The first-order chi connectivity index (χ1) is 9.97. The van der Waals surface area contributed by atoms with E-state index in [-0.39, 0.29) is 0 Å². The predicted molar refractivity (Wildman–Crippen MR) is 80.3 cm³/mol. The molecule has 0 saturated carbocycles. The largest absolute Gasteiger partial charge is 0.355 e. The Labute approximate surface area is 126 Å². The van der Waals surface area contributed by atoms with Gasteiger partial charge in [-0.15, -0.1) is 0 Å². The predicted octanol–water partition coefficient (Wildman–Crippen LogP) is 4.11. The summed E-state index contributed by atoms with van der Waals surface area (Å²) in [6, 6.07) is 1.82. The summed E-state index contributed by atoms with van der Waals surface area (Å²) in [4.78, 5) is 10.5. The quantitative estimate of drug-likeness (QED) is 0.799. The van der Waals surface area contributed by atoms with Crippen molar-refractivity contribution in [2.45, 2.75) is 26.2 Å². The summed E-state index contributed by atoms with van der Waals surface area (Å²) in [5.41, 5.74) is 1.09. The van der Waals surface area contributed by atoms with Crippen molar-refractivity contribution in [3.63, 3.8) is 0 Å². The topological polar surface area (TPSA) is 29.0 Å².